The van der Waals surface area contributed by atoms with Crippen LogP contribution in [0.2, 0.25) is 0 Å². The fourth-order valence-corrected chi connectivity index (χ4v) is 3.69. The van der Waals surface area contributed by atoms with Crippen LogP contribution in [0.1, 0.15) is 24.4 Å². The molecule has 0 aliphatic heterocycles. The van der Waals surface area contributed by atoms with Crippen LogP contribution in [0.25, 0.3) is 0 Å². The Balaban J connectivity index is 2.09. The van der Waals surface area contributed by atoms with Crippen molar-refractivity contribution in [2.45, 2.75) is 25.2 Å². The molecule has 2 N–H and O–H groups in total. The third-order valence-corrected chi connectivity index (χ3v) is 5.59. The molecule has 0 bridgehead atoms. The largest absolute Gasteiger partial charge is 0.494 e. The van der Waals surface area contributed by atoms with E-state index in [1.807, 2.05) is 6.92 Å². The van der Waals surface area contributed by atoms with E-state index in [9.17, 15) is 4.21 Å². The van der Waals surface area contributed by atoms with Crippen molar-refractivity contribution in [2.75, 3.05) is 26.6 Å². The second-order valence-electron chi connectivity index (χ2n) is 5.87. The third kappa shape index (κ3) is 5.37. The SMILES string of the molecule is COc1cccc(OC)c1NC(=S)NS(=O)C(C)C(OC)c1ncc(C)cn1. The molecule has 0 radical (unpaired) electrons. The predicted molar refractivity (Wildman–Crippen MR) is 113 cm³/mol. The van der Waals surface area contributed by atoms with Gasteiger partial charge in [0.25, 0.3) is 0 Å². The Kier molecular flexibility index (Phi) is 8.09. The number of aryl methyl sites for hydroxylation is 1. The van der Waals surface area contributed by atoms with E-state index in [1.165, 1.54) is 7.11 Å². The van der Waals surface area contributed by atoms with Crippen LogP contribution in [0.3, 0.4) is 0 Å². The predicted octanol–water partition coefficient (Wildman–Crippen LogP) is 2.53. The molecule has 0 saturated carbocycles. The van der Waals surface area contributed by atoms with Gasteiger partial charge in [-0.15, -0.1) is 0 Å². The van der Waals surface area contributed by atoms with Gasteiger partial charge in [-0.2, -0.15) is 0 Å². The monoisotopic (exact) mass is 424 g/mol. The zero-order valence-electron chi connectivity index (χ0n) is 16.4. The Labute approximate surface area is 172 Å². The molecule has 10 heteroatoms. The maximum atomic E-state index is 12.8. The number of nitrogens with zero attached hydrogens (tertiary/aromatic N) is 2. The van der Waals surface area contributed by atoms with E-state index in [2.05, 4.69) is 20.0 Å². The first-order chi connectivity index (χ1) is 13.4. The van der Waals surface area contributed by atoms with E-state index in [0.717, 1.165) is 5.56 Å². The summed E-state index contributed by atoms with van der Waals surface area (Å²) in [7, 11) is 3.05. The molecule has 1 aromatic heterocycles. The van der Waals surface area contributed by atoms with Gasteiger partial charge in [-0.25, -0.2) is 14.2 Å². The highest BCUT2D eigenvalue weighted by Crippen LogP contribution is 2.34. The summed E-state index contributed by atoms with van der Waals surface area (Å²) >= 11 is 5.30. The van der Waals surface area contributed by atoms with Crippen molar-refractivity contribution < 1.29 is 18.4 Å². The summed E-state index contributed by atoms with van der Waals surface area (Å²) in [5.41, 5.74) is 1.47. The minimum Gasteiger partial charge on any atom is -0.494 e. The molecule has 0 aliphatic rings. The number of benzene rings is 1. The Morgan fingerprint density at radius 3 is 2.21 bits per heavy atom. The maximum Gasteiger partial charge on any atom is 0.182 e. The zero-order chi connectivity index (χ0) is 20.7. The topological polar surface area (TPSA) is 94.6 Å². The van der Waals surface area contributed by atoms with Crippen LogP contribution in [0.4, 0.5) is 5.69 Å². The van der Waals surface area contributed by atoms with Gasteiger partial charge in [-0.3, -0.25) is 4.72 Å². The van der Waals surface area contributed by atoms with E-state index >= 15 is 0 Å². The van der Waals surface area contributed by atoms with Crippen molar-refractivity contribution in [2.24, 2.45) is 0 Å². The lowest BCUT2D eigenvalue weighted by atomic mass is 10.2. The van der Waals surface area contributed by atoms with Crippen molar-refractivity contribution in [3.8, 4) is 11.5 Å². The van der Waals surface area contributed by atoms with Gasteiger partial charge >= 0.3 is 0 Å². The molecule has 0 spiro atoms. The number of nitrogens with one attached hydrogen (secondary N) is 2. The van der Waals surface area contributed by atoms with Crippen molar-refractivity contribution in [1.82, 2.24) is 14.7 Å². The summed E-state index contributed by atoms with van der Waals surface area (Å²) in [5, 5.41) is 2.67. The molecule has 0 amide bonds. The lowest BCUT2D eigenvalue weighted by molar-refractivity contribution is 0.0959. The van der Waals surface area contributed by atoms with Crippen molar-refractivity contribution in [3.63, 3.8) is 0 Å². The van der Waals surface area contributed by atoms with Crippen LogP contribution < -0.4 is 19.5 Å². The van der Waals surface area contributed by atoms with E-state index in [4.69, 9.17) is 26.4 Å². The van der Waals surface area contributed by atoms with E-state index in [-0.39, 0.29) is 5.11 Å². The number of rotatable bonds is 8. The van der Waals surface area contributed by atoms with Gasteiger partial charge in [0.2, 0.25) is 0 Å². The maximum absolute atomic E-state index is 12.8. The van der Waals surface area contributed by atoms with Gasteiger partial charge in [-0.1, -0.05) is 6.07 Å². The lowest BCUT2D eigenvalue weighted by Crippen LogP contribution is -2.38. The second-order valence-corrected chi connectivity index (χ2v) is 7.82. The number of hydrogen-bond donors (Lipinski definition) is 2. The summed E-state index contributed by atoms with van der Waals surface area (Å²) in [6, 6.07) is 5.33. The van der Waals surface area contributed by atoms with E-state index in [1.54, 1.807) is 51.7 Å². The first kappa shape index (κ1) is 22.0. The Hall–Kier alpha value is -2.30. The van der Waals surface area contributed by atoms with Crippen LogP contribution in [-0.4, -0.2) is 45.9 Å². The lowest BCUT2D eigenvalue weighted by Gasteiger charge is -2.22. The molecule has 28 heavy (non-hydrogen) atoms. The van der Waals surface area contributed by atoms with Crippen LogP contribution >= 0.6 is 12.2 Å². The summed E-state index contributed by atoms with van der Waals surface area (Å²) in [6.45, 7) is 3.66. The number of methoxy groups -OCH3 is 3. The number of anilines is 1. The van der Waals surface area contributed by atoms with Crippen LogP contribution in [-0.2, 0) is 15.7 Å². The smallest absolute Gasteiger partial charge is 0.182 e. The van der Waals surface area contributed by atoms with Crippen LogP contribution in [0.5, 0.6) is 11.5 Å². The van der Waals surface area contributed by atoms with Crippen LogP contribution in [0.15, 0.2) is 30.6 Å². The average molecular weight is 425 g/mol. The Bertz CT molecular complexity index is 811. The Morgan fingerprint density at radius 1 is 1.14 bits per heavy atom. The van der Waals surface area contributed by atoms with E-state index in [0.29, 0.717) is 23.0 Å². The molecule has 152 valence electrons. The standard InChI is InChI=1S/C18H24N4O4S2/c1-11-9-19-17(20-10-11)16(26-5)12(2)28(23)22-18(27)21-15-13(24-3)7-6-8-14(15)25-4/h6-10,12,16H,1-5H3,(H2,21,22,27). The number of ether oxygens (including phenoxy) is 3. The highest BCUT2D eigenvalue weighted by molar-refractivity contribution is 7.87. The molecule has 2 aromatic rings. The normalized spacial score (nSPS) is 13.9. The molecule has 3 unspecified atom stereocenters. The van der Waals surface area contributed by atoms with Crippen molar-refractivity contribution in [3.05, 3.63) is 42.0 Å². The fraction of sp³-hybridized carbons (Fsp3) is 0.389. The second kappa shape index (κ2) is 10.3. The first-order valence-corrected chi connectivity index (χ1v) is 10.0. The summed E-state index contributed by atoms with van der Waals surface area (Å²) in [5.74, 6) is 1.55. The molecule has 0 fully saturated rings. The third-order valence-electron chi connectivity index (χ3n) is 3.93. The molecule has 1 heterocycles. The van der Waals surface area contributed by atoms with Crippen LogP contribution in [0, 0.1) is 6.92 Å². The summed E-state index contributed by atoms with van der Waals surface area (Å²) in [6.07, 6.45) is 2.83. The highest BCUT2D eigenvalue weighted by Gasteiger charge is 2.27. The highest BCUT2D eigenvalue weighted by atomic mass is 32.2. The van der Waals surface area contributed by atoms with Gasteiger partial charge in [0, 0.05) is 19.5 Å². The van der Waals surface area contributed by atoms with Crippen molar-refractivity contribution >= 4 is 34.0 Å². The van der Waals surface area contributed by atoms with Gasteiger partial charge < -0.3 is 19.5 Å². The first-order valence-electron chi connectivity index (χ1n) is 8.41. The Morgan fingerprint density at radius 2 is 1.71 bits per heavy atom. The zero-order valence-corrected chi connectivity index (χ0v) is 18.0. The van der Waals surface area contributed by atoms with E-state index < -0.39 is 22.3 Å². The summed E-state index contributed by atoms with van der Waals surface area (Å²) < 4.78 is 31.7. The fourth-order valence-electron chi connectivity index (χ4n) is 2.47. The summed E-state index contributed by atoms with van der Waals surface area (Å²) in [4.78, 5) is 8.53. The van der Waals surface area contributed by atoms with Gasteiger partial charge in [-0.05, 0) is 43.8 Å². The number of para-hydroxylation sites is 1. The van der Waals surface area contributed by atoms with Gasteiger partial charge in [0.15, 0.2) is 10.9 Å². The molecular formula is C18H24N4O4S2. The molecule has 8 nitrogen and oxygen atoms in total. The minimum atomic E-state index is -1.56. The molecular weight excluding hydrogens is 400 g/mol. The molecule has 0 saturated heterocycles. The minimum absolute atomic E-state index is 0.160. The molecule has 0 aliphatic carbocycles. The molecule has 3 atom stereocenters. The molecule has 1 aromatic carbocycles. The van der Waals surface area contributed by atoms with Gasteiger partial charge in [0.05, 0.1) is 19.5 Å². The quantitative estimate of drug-likeness (QED) is 0.625. The van der Waals surface area contributed by atoms with Crippen molar-refractivity contribution in [1.29, 1.82) is 0 Å². The molecule has 2 rings (SSSR count). The number of aromatic nitrogens is 2. The van der Waals surface area contributed by atoms with Gasteiger partial charge in [0.1, 0.15) is 34.3 Å². The average Bonchev–Trinajstić information content (AvgIpc) is 2.69. The number of hydrogen-bond acceptors (Lipinski definition) is 7. The number of thiocarbonyl (C=S) groups is 1.